The third kappa shape index (κ3) is 3.87. The molecule has 0 saturated heterocycles. The molecule has 7 heteroatoms. The third-order valence-electron chi connectivity index (χ3n) is 5.17. The van der Waals surface area contributed by atoms with Gasteiger partial charge in [-0.15, -0.1) is 0 Å². The molecule has 0 aliphatic carbocycles. The van der Waals surface area contributed by atoms with Crippen LogP contribution in [-0.2, 0) is 12.1 Å². The van der Waals surface area contributed by atoms with Crippen LogP contribution in [0.25, 0.3) is 10.8 Å². The van der Waals surface area contributed by atoms with E-state index in [0.29, 0.717) is 34.4 Å². The minimum atomic E-state index is -0.763. The molecule has 0 aliphatic heterocycles. The highest BCUT2D eigenvalue weighted by Crippen LogP contribution is 2.32. The number of nitrogens with one attached hydrogen (secondary N) is 1. The van der Waals surface area contributed by atoms with E-state index in [1.165, 1.54) is 30.9 Å². The number of benzene rings is 2. The Kier molecular flexibility index (Phi) is 5.82. The molecule has 2 aromatic carbocycles. The molecule has 0 fully saturated rings. The number of carbonyl (C=O) groups is 1. The standard InChI is InChI=1S/C23H25FN2O4/c1-6-26-13-18(16-11-19(29-4)20(30-5)12-17(16)22(26)28)21(27)25-23(2,3)14-7-9-15(24)10-8-14/h7-13H,6H2,1-5H3,(H,25,27). The van der Waals surface area contributed by atoms with E-state index >= 15 is 0 Å². The van der Waals surface area contributed by atoms with E-state index in [4.69, 9.17) is 9.47 Å². The minimum Gasteiger partial charge on any atom is -0.493 e. The molecule has 0 atom stereocenters. The second-order valence-electron chi connectivity index (χ2n) is 7.47. The van der Waals surface area contributed by atoms with Gasteiger partial charge in [-0.2, -0.15) is 0 Å². The summed E-state index contributed by atoms with van der Waals surface area (Å²) in [5.74, 6) is 0.131. The number of rotatable bonds is 6. The lowest BCUT2D eigenvalue weighted by Crippen LogP contribution is -2.41. The predicted octanol–water partition coefficient (Wildman–Crippen LogP) is 3.84. The van der Waals surface area contributed by atoms with Crippen LogP contribution in [0.2, 0.25) is 0 Å². The first kappa shape index (κ1) is 21.4. The molecule has 0 spiro atoms. The number of pyridine rings is 1. The van der Waals surface area contributed by atoms with E-state index in [1.807, 2.05) is 20.8 Å². The Balaban J connectivity index is 2.13. The molecule has 6 nitrogen and oxygen atoms in total. The maximum atomic E-state index is 13.3. The lowest BCUT2D eigenvalue weighted by Gasteiger charge is -2.27. The SMILES string of the molecule is CCn1cc(C(=O)NC(C)(C)c2ccc(F)cc2)c2cc(OC)c(OC)cc2c1=O. The number of halogens is 1. The number of aromatic nitrogens is 1. The van der Waals surface area contributed by atoms with Crippen LogP contribution in [0.5, 0.6) is 11.5 Å². The van der Waals surface area contributed by atoms with Crippen molar-refractivity contribution in [1.82, 2.24) is 9.88 Å². The van der Waals surface area contributed by atoms with E-state index in [1.54, 1.807) is 30.5 Å². The fourth-order valence-electron chi connectivity index (χ4n) is 3.42. The number of fused-ring (bicyclic) bond motifs is 1. The number of nitrogens with zero attached hydrogens (tertiary/aromatic N) is 1. The van der Waals surface area contributed by atoms with Crippen molar-refractivity contribution in [3.05, 3.63) is 69.9 Å². The van der Waals surface area contributed by atoms with Crippen LogP contribution < -0.4 is 20.3 Å². The zero-order chi connectivity index (χ0) is 22.1. The lowest BCUT2D eigenvalue weighted by atomic mass is 9.93. The van der Waals surface area contributed by atoms with Crippen LogP contribution in [0.3, 0.4) is 0 Å². The van der Waals surface area contributed by atoms with Gasteiger partial charge in [-0.05, 0) is 50.6 Å². The Morgan fingerprint density at radius 3 is 2.17 bits per heavy atom. The molecule has 158 valence electrons. The molecular weight excluding hydrogens is 387 g/mol. The first-order valence-electron chi connectivity index (χ1n) is 9.59. The largest absolute Gasteiger partial charge is 0.493 e. The maximum absolute atomic E-state index is 13.3. The lowest BCUT2D eigenvalue weighted by molar-refractivity contribution is 0.0913. The van der Waals surface area contributed by atoms with Gasteiger partial charge in [0.1, 0.15) is 5.82 Å². The third-order valence-corrected chi connectivity index (χ3v) is 5.17. The van der Waals surface area contributed by atoms with Gasteiger partial charge >= 0.3 is 0 Å². The summed E-state index contributed by atoms with van der Waals surface area (Å²) in [6.45, 7) is 5.91. The molecule has 1 N–H and O–H groups in total. The quantitative estimate of drug-likeness (QED) is 0.668. The molecule has 3 aromatic rings. The summed E-state index contributed by atoms with van der Waals surface area (Å²) in [5.41, 5.74) is 0.107. The topological polar surface area (TPSA) is 69.6 Å². The molecule has 3 rings (SSSR count). The van der Waals surface area contributed by atoms with Crippen molar-refractivity contribution in [3.8, 4) is 11.5 Å². The normalized spacial score (nSPS) is 11.4. The van der Waals surface area contributed by atoms with Crippen LogP contribution in [0.4, 0.5) is 4.39 Å². The second kappa shape index (κ2) is 8.18. The van der Waals surface area contributed by atoms with Gasteiger partial charge in [0.25, 0.3) is 11.5 Å². The van der Waals surface area contributed by atoms with Crippen molar-refractivity contribution in [2.45, 2.75) is 32.9 Å². The summed E-state index contributed by atoms with van der Waals surface area (Å²) in [4.78, 5) is 26.1. The fraction of sp³-hybridized carbons (Fsp3) is 0.304. The molecule has 0 saturated carbocycles. The summed E-state index contributed by atoms with van der Waals surface area (Å²) in [6, 6.07) is 9.20. The molecule has 0 aliphatic rings. The van der Waals surface area contributed by atoms with Crippen molar-refractivity contribution in [2.24, 2.45) is 0 Å². The molecule has 1 amide bonds. The Bertz CT molecular complexity index is 1150. The Labute approximate surface area is 174 Å². The summed E-state index contributed by atoms with van der Waals surface area (Å²) >= 11 is 0. The van der Waals surface area contributed by atoms with Crippen LogP contribution in [0.1, 0.15) is 36.7 Å². The number of methoxy groups -OCH3 is 2. The summed E-state index contributed by atoms with van der Waals surface area (Å²) in [5, 5.41) is 3.82. The van der Waals surface area contributed by atoms with Gasteiger partial charge < -0.3 is 19.4 Å². The van der Waals surface area contributed by atoms with E-state index in [2.05, 4.69) is 5.32 Å². The molecule has 30 heavy (non-hydrogen) atoms. The molecule has 1 aromatic heterocycles. The first-order chi connectivity index (χ1) is 14.2. The molecular formula is C23H25FN2O4. The van der Waals surface area contributed by atoms with Gasteiger partial charge in [-0.3, -0.25) is 9.59 Å². The van der Waals surface area contributed by atoms with Crippen molar-refractivity contribution in [1.29, 1.82) is 0 Å². The van der Waals surface area contributed by atoms with E-state index in [-0.39, 0.29) is 17.3 Å². The van der Waals surface area contributed by atoms with Crippen molar-refractivity contribution in [2.75, 3.05) is 14.2 Å². The van der Waals surface area contributed by atoms with E-state index < -0.39 is 5.54 Å². The highest BCUT2D eigenvalue weighted by molar-refractivity contribution is 6.07. The van der Waals surface area contributed by atoms with Gasteiger partial charge in [0.15, 0.2) is 11.5 Å². The van der Waals surface area contributed by atoms with Crippen molar-refractivity contribution in [3.63, 3.8) is 0 Å². The zero-order valence-corrected chi connectivity index (χ0v) is 17.7. The number of aryl methyl sites for hydroxylation is 1. The van der Waals surface area contributed by atoms with Crippen LogP contribution in [0.15, 0.2) is 47.4 Å². The second-order valence-corrected chi connectivity index (χ2v) is 7.47. The van der Waals surface area contributed by atoms with Gasteiger partial charge in [0.2, 0.25) is 0 Å². The zero-order valence-electron chi connectivity index (χ0n) is 17.7. The Morgan fingerprint density at radius 1 is 1.07 bits per heavy atom. The van der Waals surface area contributed by atoms with Crippen molar-refractivity contribution >= 4 is 16.7 Å². The number of amides is 1. The maximum Gasteiger partial charge on any atom is 0.258 e. The molecule has 0 radical (unpaired) electrons. The number of carbonyl (C=O) groups excluding carboxylic acids is 1. The molecule has 0 bridgehead atoms. The summed E-state index contributed by atoms with van der Waals surface area (Å²) in [7, 11) is 2.98. The smallest absolute Gasteiger partial charge is 0.258 e. The van der Waals surface area contributed by atoms with E-state index in [0.717, 1.165) is 5.56 Å². The molecule has 1 heterocycles. The van der Waals surface area contributed by atoms with Gasteiger partial charge in [0, 0.05) is 18.1 Å². The Hall–Kier alpha value is -3.35. The van der Waals surface area contributed by atoms with Crippen LogP contribution in [-0.4, -0.2) is 24.7 Å². The van der Waals surface area contributed by atoms with Crippen LogP contribution >= 0.6 is 0 Å². The fourth-order valence-corrected chi connectivity index (χ4v) is 3.42. The van der Waals surface area contributed by atoms with Gasteiger partial charge in [-0.25, -0.2) is 4.39 Å². The highest BCUT2D eigenvalue weighted by atomic mass is 19.1. The van der Waals surface area contributed by atoms with E-state index in [9.17, 15) is 14.0 Å². The highest BCUT2D eigenvalue weighted by Gasteiger charge is 2.26. The predicted molar refractivity (Wildman–Crippen MR) is 114 cm³/mol. The summed E-state index contributed by atoms with van der Waals surface area (Å²) < 4.78 is 25.4. The average Bonchev–Trinajstić information content (AvgIpc) is 2.73. The van der Waals surface area contributed by atoms with Gasteiger partial charge in [-0.1, -0.05) is 12.1 Å². The monoisotopic (exact) mass is 412 g/mol. The average molecular weight is 412 g/mol. The number of hydrogen-bond acceptors (Lipinski definition) is 4. The van der Waals surface area contributed by atoms with Crippen LogP contribution in [0, 0.1) is 5.82 Å². The van der Waals surface area contributed by atoms with Crippen molar-refractivity contribution < 1.29 is 18.7 Å². The minimum absolute atomic E-state index is 0.220. The van der Waals surface area contributed by atoms with Gasteiger partial charge in [0.05, 0.1) is 30.7 Å². The Morgan fingerprint density at radius 2 is 1.63 bits per heavy atom. The number of ether oxygens (including phenoxy) is 2. The number of hydrogen-bond donors (Lipinski definition) is 1. The first-order valence-corrected chi connectivity index (χ1v) is 9.59. The molecule has 0 unspecified atom stereocenters. The summed E-state index contributed by atoms with van der Waals surface area (Å²) in [6.07, 6.45) is 1.55.